The van der Waals surface area contributed by atoms with Gasteiger partial charge in [0.25, 0.3) is 0 Å². The standard InChI is InChI=1S/C9H10O4.ClH/c1-9(12,8(10)11)13-7-5-3-2-4-6-7;/h2-6,12H,1H3,(H,10,11);1H/t9-;/m1./s1. The third-order valence-electron chi connectivity index (χ3n) is 1.46. The predicted octanol–water partition coefficient (Wildman–Crippen LogP) is 1.28. The van der Waals surface area contributed by atoms with Crippen LogP contribution in [0, 0.1) is 0 Å². The van der Waals surface area contributed by atoms with Gasteiger partial charge in [0.05, 0.1) is 0 Å². The molecule has 0 saturated heterocycles. The van der Waals surface area contributed by atoms with Crippen LogP contribution in [0.3, 0.4) is 0 Å². The average molecular weight is 219 g/mol. The van der Waals surface area contributed by atoms with E-state index in [-0.39, 0.29) is 12.4 Å². The van der Waals surface area contributed by atoms with Crippen molar-refractivity contribution >= 4 is 18.4 Å². The molecule has 0 aromatic heterocycles. The second-order valence-corrected chi connectivity index (χ2v) is 2.70. The van der Waals surface area contributed by atoms with Crippen molar-refractivity contribution in [2.75, 3.05) is 0 Å². The van der Waals surface area contributed by atoms with Crippen molar-refractivity contribution in [3.05, 3.63) is 30.3 Å². The molecule has 1 rings (SSSR count). The first kappa shape index (κ1) is 12.7. The van der Waals surface area contributed by atoms with E-state index in [0.717, 1.165) is 6.92 Å². The number of aliphatic carboxylic acids is 1. The van der Waals surface area contributed by atoms with E-state index in [1.54, 1.807) is 30.3 Å². The van der Waals surface area contributed by atoms with Gasteiger partial charge in [-0.15, -0.1) is 12.4 Å². The highest BCUT2D eigenvalue weighted by Crippen LogP contribution is 2.15. The summed E-state index contributed by atoms with van der Waals surface area (Å²) in [4.78, 5) is 10.5. The minimum absolute atomic E-state index is 0. The Kier molecular flexibility index (Phi) is 4.40. The molecule has 1 atom stereocenters. The molecule has 1 aromatic carbocycles. The lowest BCUT2D eigenvalue weighted by molar-refractivity contribution is -0.188. The molecule has 0 bridgehead atoms. The molecule has 1 aromatic rings. The van der Waals surface area contributed by atoms with E-state index in [4.69, 9.17) is 9.84 Å². The zero-order valence-corrected chi connectivity index (χ0v) is 8.32. The molecule has 78 valence electrons. The number of para-hydroxylation sites is 1. The first-order valence-electron chi connectivity index (χ1n) is 3.72. The highest BCUT2D eigenvalue weighted by atomic mass is 35.5. The summed E-state index contributed by atoms with van der Waals surface area (Å²) < 4.78 is 4.82. The van der Waals surface area contributed by atoms with Gasteiger partial charge < -0.3 is 14.9 Å². The fourth-order valence-corrected chi connectivity index (χ4v) is 0.762. The monoisotopic (exact) mass is 218 g/mol. The van der Waals surface area contributed by atoms with E-state index >= 15 is 0 Å². The number of hydrogen-bond donors (Lipinski definition) is 2. The maximum Gasteiger partial charge on any atom is 0.376 e. The van der Waals surface area contributed by atoms with Crippen LogP contribution >= 0.6 is 12.4 Å². The van der Waals surface area contributed by atoms with Crippen molar-refractivity contribution in [2.45, 2.75) is 12.7 Å². The summed E-state index contributed by atoms with van der Waals surface area (Å²) in [7, 11) is 0. The zero-order chi connectivity index (χ0) is 9.90. The van der Waals surface area contributed by atoms with Crippen LogP contribution in [-0.2, 0) is 4.79 Å². The van der Waals surface area contributed by atoms with E-state index in [0.29, 0.717) is 5.75 Å². The lowest BCUT2D eigenvalue weighted by Gasteiger charge is -2.19. The Bertz CT molecular complexity index is 297. The summed E-state index contributed by atoms with van der Waals surface area (Å²) in [5.74, 6) is -3.28. The molecule has 5 heteroatoms. The predicted molar refractivity (Wildman–Crippen MR) is 52.6 cm³/mol. The van der Waals surface area contributed by atoms with Crippen LogP contribution < -0.4 is 4.74 Å². The molecule has 0 heterocycles. The summed E-state index contributed by atoms with van der Waals surface area (Å²) in [6.45, 7) is 1.07. The van der Waals surface area contributed by atoms with Crippen LogP contribution in [0.25, 0.3) is 0 Å². The van der Waals surface area contributed by atoms with E-state index in [9.17, 15) is 9.90 Å². The molecule has 4 nitrogen and oxygen atoms in total. The fourth-order valence-electron chi connectivity index (χ4n) is 0.762. The van der Waals surface area contributed by atoms with Gasteiger partial charge in [-0.3, -0.25) is 0 Å². The Hall–Kier alpha value is -1.26. The molecule has 0 aliphatic rings. The average Bonchev–Trinajstić information content (AvgIpc) is 2.05. The Morgan fingerprint density at radius 1 is 1.36 bits per heavy atom. The lowest BCUT2D eigenvalue weighted by Crippen LogP contribution is -2.41. The second kappa shape index (κ2) is 4.83. The van der Waals surface area contributed by atoms with Gasteiger partial charge in [-0.1, -0.05) is 18.2 Å². The Morgan fingerprint density at radius 2 is 1.86 bits per heavy atom. The third-order valence-corrected chi connectivity index (χ3v) is 1.46. The third kappa shape index (κ3) is 3.24. The largest absolute Gasteiger partial charge is 0.476 e. The van der Waals surface area contributed by atoms with Crippen LogP contribution in [0.5, 0.6) is 5.75 Å². The van der Waals surface area contributed by atoms with Gasteiger partial charge in [0, 0.05) is 6.92 Å². The van der Waals surface area contributed by atoms with E-state index in [2.05, 4.69) is 0 Å². The smallest absolute Gasteiger partial charge is 0.376 e. The summed E-state index contributed by atoms with van der Waals surface area (Å²) >= 11 is 0. The van der Waals surface area contributed by atoms with E-state index in [1.165, 1.54) is 0 Å². The molecule has 0 fully saturated rings. The van der Waals surface area contributed by atoms with Gasteiger partial charge in [-0.2, -0.15) is 0 Å². The highest BCUT2D eigenvalue weighted by molar-refractivity contribution is 5.85. The fraction of sp³-hybridized carbons (Fsp3) is 0.222. The number of benzene rings is 1. The SMILES string of the molecule is C[C@@](O)(Oc1ccccc1)C(=O)O.Cl. The van der Waals surface area contributed by atoms with E-state index in [1.807, 2.05) is 0 Å². The van der Waals surface area contributed by atoms with Gasteiger partial charge in [0.2, 0.25) is 0 Å². The number of aliphatic hydroxyl groups is 1. The molecule has 0 aliphatic heterocycles. The Morgan fingerprint density at radius 3 is 2.29 bits per heavy atom. The number of hydrogen-bond acceptors (Lipinski definition) is 3. The molecule has 0 saturated carbocycles. The number of carboxylic acid groups (broad SMARTS) is 1. The van der Waals surface area contributed by atoms with Crippen molar-refractivity contribution in [3.63, 3.8) is 0 Å². The maximum atomic E-state index is 10.5. The van der Waals surface area contributed by atoms with Crippen LogP contribution in [-0.4, -0.2) is 22.0 Å². The summed E-state index contributed by atoms with van der Waals surface area (Å²) in [5, 5.41) is 17.8. The molecule has 0 unspecified atom stereocenters. The first-order valence-corrected chi connectivity index (χ1v) is 3.72. The van der Waals surface area contributed by atoms with Crippen molar-refractivity contribution in [2.24, 2.45) is 0 Å². The number of rotatable bonds is 3. The minimum Gasteiger partial charge on any atom is -0.476 e. The van der Waals surface area contributed by atoms with Gasteiger partial charge in [0.1, 0.15) is 5.75 Å². The highest BCUT2D eigenvalue weighted by Gasteiger charge is 2.32. The number of carbonyl (C=O) groups is 1. The maximum absolute atomic E-state index is 10.5. The topological polar surface area (TPSA) is 66.8 Å². The zero-order valence-electron chi connectivity index (χ0n) is 7.51. The van der Waals surface area contributed by atoms with Crippen molar-refractivity contribution < 1.29 is 19.7 Å². The van der Waals surface area contributed by atoms with Crippen molar-refractivity contribution in [1.29, 1.82) is 0 Å². The summed E-state index contributed by atoms with van der Waals surface area (Å²) in [6.07, 6.45) is 0. The number of carboxylic acids is 1. The van der Waals surface area contributed by atoms with Crippen LogP contribution in [0.2, 0.25) is 0 Å². The lowest BCUT2D eigenvalue weighted by atomic mass is 10.3. The van der Waals surface area contributed by atoms with Gasteiger partial charge in [-0.25, -0.2) is 4.79 Å². The molecule has 14 heavy (non-hydrogen) atoms. The quantitative estimate of drug-likeness (QED) is 0.750. The minimum atomic E-state index is -2.18. The van der Waals surface area contributed by atoms with E-state index < -0.39 is 11.8 Å². The van der Waals surface area contributed by atoms with Crippen LogP contribution in [0.15, 0.2) is 30.3 Å². The molecular weight excluding hydrogens is 208 g/mol. The van der Waals surface area contributed by atoms with Gasteiger partial charge in [0.15, 0.2) is 0 Å². The molecule has 0 aliphatic carbocycles. The van der Waals surface area contributed by atoms with Gasteiger partial charge in [-0.05, 0) is 12.1 Å². The Labute approximate surface area is 87.5 Å². The van der Waals surface area contributed by atoms with Gasteiger partial charge >= 0.3 is 11.8 Å². The number of halogens is 1. The van der Waals surface area contributed by atoms with Crippen LogP contribution in [0.4, 0.5) is 0 Å². The van der Waals surface area contributed by atoms with Crippen LogP contribution in [0.1, 0.15) is 6.92 Å². The first-order chi connectivity index (χ1) is 6.02. The number of ether oxygens (including phenoxy) is 1. The second-order valence-electron chi connectivity index (χ2n) is 2.70. The van der Waals surface area contributed by atoms with Crippen molar-refractivity contribution in [1.82, 2.24) is 0 Å². The normalized spacial score (nSPS) is 13.6. The van der Waals surface area contributed by atoms with Crippen molar-refractivity contribution in [3.8, 4) is 5.75 Å². The molecular formula is C9H11ClO4. The molecule has 2 N–H and O–H groups in total. The molecule has 0 spiro atoms. The Balaban J connectivity index is 0.00000169. The molecule has 0 radical (unpaired) electrons. The summed E-state index contributed by atoms with van der Waals surface area (Å²) in [5.41, 5.74) is 0. The summed E-state index contributed by atoms with van der Waals surface area (Å²) in [6, 6.07) is 8.28. The molecule has 0 amide bonds.